The number of thioether (sulfide) groups is 1. The Hall–Kier alpha value is -3.13. The van der Waals surface area contributed by atoms with Crippen molar-refractivity contribution < 1.29 is 4.52 Å². The van der Waals surface area contributed by atoms with Crippen LogP contribution in [-0.2, 0) is 5.75 Å². The van der Waals surface area contributed by atoms with Crippen molar-refractivity contribution in [2.45, 2.75) is 10.9 Å². The second kappa shape index (κ2) is 5.75. The van der Waals surface area contributed by atoms with Gasteiger partial charge in [0.25, 0.3) is 0 Å². The van der Waals surface area contributed by atoms with Gasteiger partial charge in [-0.05, 0) is 12.1 Å². The van der Waals surface area contributed by atoms with Gasteiger partial charge in [0.05, 0.1) is 16.8 Å². The number of nitrogens with zero attached hydrogens (tertiary/aromatic N) is 5. The number of hydrogen-bond donors (Lipinski definition) is 1. The summed E-state index contributed by atoms with van der Waals surface area (Å²) in [5, 5.41) is 12.1. The number of nitrogens with one attached hydrogen (secondary N) is 1. The quantitative estimate of drug-likeness (QED) is 0.500. The Bertz CT molecular complexity index is 1160. The molecule has 0 fully saturated rings. The van der Waals surface area contributed by atoms with Gasteiger partial charge in [-0.1, -0.05) is 59.4 Å². The Morgan fingerprint density at radius 2 is 1.84 bits per heavy atom. The third kappa shape index (κ3) is 2.47. The lowest BCUT2D eigenvalue weighted by Crippen LogP contribution is -1.87. The first kappa shape index (κ1) is 14.2. The van der Waals surface area contributed by atoms with Crippen LogP contribution in [0.5, 0.6) is 0 Å². The summed E-state index contributed by atoms with van der Waals surface area (Å²) in [6, 6.07) is 17.7. The largest absolute Gasteiger partial charge is 0.338 e. The summed E-state index contributed by atoms with van der Waals surface area (Å²) < 4.78 is 7.35. The predicted molar refractivity (Wildman–Crippen MR) is 94.1 cm³/mol. The van der Waals surface area contributed by atoms with E-state index in [-0.39, 0.29) is 0 Å². The fraction of sp³-hybridized carbons (Fsp3) is 0.0588. The summed E-state index contributed by atoms with van der Waals surface area (Å²) in [6.45, 7) is 0. The van der Waals surface area contributed by atoms with Crippen molar-refractivity contribution in [2.75, 3.05) is 0 Å². The second-order valence-corrected chi connectivity index (χ2v) is 6.37. The summed E-state index contributed by atoms with van der Waals surface area (Å²) >= 11 is 1.52. The molecule has 0 bridgehead atoms. The number of benzene rings is 2. The molecule has 25 heavy (non-hydrogen) atoms. The standard InChI is InChI=1S/C17H12N6OS/c1-2-6-11(7-3-1)15-19-14(24-22-15)10-25-17-21-20-16-18-12-8-4-5-9-13(12)23(16)17/h1-9H,10H2,(H,18,20). The molecule has 7 nitrogen and oxygen atoms in total. The van der Waals surface area contributed by atoms with Gasteiger partial charge in [-0.2, -0.15) is 4.98 Å². The zero-order valence-corrected chi connectivity index (χ0v) is 13.8. The number of aromatic amines is 1. The Morgan fingerprint density at radius 1 is 1.00 bits per heavy atom. The van der Waals surface area contributed by atoms with E-state index in [2.05, 4.69) is 25.3 Å². The molecule has 0 saturated heterocycles. The summed E-state index contributed by atoms with van der Waals surface area (Å²) in [5.74, 6) is 2.41. The van der Waals surface area contributed by atoms with Gasteiger partial charge < -0.3 is 4.52 Å². The zero-order valence-electron chi connectivity index (χ0n) is 13.0. The van der Waals surface area contributed by atoms with E-state index in [1.165, 1.54) is 11.8 Å². The topological polar surface area (TPSA) is 84.9 Å². The highest BCUT2D eigenvalue weighted by Crippen LogP contribution is 2.25. The van der Waals surface area contributed by atoms with Crippen molar-refractivity contribution in [2.24, 2.45) is 0 Å². The van der Waals surface area contributed by atoms with Crippen molar-refractivity contribution in [3.05, 3.63) is 60.5 Å². The molecule has 122 valence electrons. The Balaban J connectivity index is 1.42. The molecule has 0 aliphatic heterocycles. The molecule has 5 aromatic rings. The van der Waals surface area contributed by atoms with E-state index in [1.807, 2.05) is 59.0 Å². The van der Waals surface area contributed by atoms with Gasteiger partial charge >= 0.3 is 0 Å². The van der Waals surface area contributed by atoms with Gasteiger partial charge in [0.2, 0.25) is 17.5 Å². The summed E-state index contributed by atoms with van der Waals surface area (Å²) in [7, 11) is 0. The highest BCUT2D eigenvalue weighted by Gasteiger charge is 2.14. The first-order valence-electron chi connectivity index (χ1n) is 7.71. The summed E-state index contributed by atoms with van der Waals surface area (Å²) in [4.78, 5) is 8.96. The normalized spacial score (nSPS) is 11.5. The molecule has 0 unspecified atom stereocenters. The van der Waals surface area contributed by atoms with E-state index >= 15 is 0 Å². The highest BCUT2D eigenvalue weighted by molar-refractivity contribution is 7.98. The van der Waals surface area contributed by atoms with E-state index in [0.717, 1.165) is 27.5 Å². The zero-order chi connectivity index (χ0) is 16.6. The van der Waals surface area contributed by atoms with Gasteiger partial charge in [0, 0.05) is 5.56 Å². The maximum atomic E-state index is 5.35. The number of aromatic nitrogens is 6. The average Bonchev–Trinajstić information content (AvgIpc) is 3.36. The number of rotatable bonds is 4. The van der Waals surface area contributed by atoms with Crippen molar-refractivity contribution in [1.82, 2.24) is 29.7 Å². The number of H-pyrrole nitrogens is 1. The van der Waals surface area contributed by atoms with E-state index in [0.29, 0.717) is 17.5 Å². The van der Waals surface area contributed by atoms with Crippen LogP contribution >= 0.6 is 11.8 Å². The van der Waals surface area contributed by atoms with E-state index in [4.69, 9.17) is 4.52 Å². The van der Waals surface area contributed by atoms with Gasteiger partial charge in [-0.15, -0.1) is 5.10 Å². The Morgan fingerprint density at radius 3 is 2.76 bits per heavy atom. The van der Waals surface area contributed by atoms with Gasteiger partial charge in [0.1, 0.15) is 0 Å². The highest BCUT2D eigenvalue weighted by atomic mass is 32.2. The minimum Gasteiger partial charge on any atom is -0.338 e. The predicted octanol–water partition coefficient (Wildman–Crippen LogP) is 3.55. The number of fused-ring (bicyclic) bond motifs is 3. The van der Waals surface area contributed by atoms with Crippen LogP contribution in [0.3, 0.4) is 0 Å². The average molecular weight is 348 g/mol. The summed E-state index contributed by atoms with van der Waals surface area (Å²) in [6.07, 6.45) is 0. The lowest BCUT2D eigenvalue weighted by atomic mass is 10.2. The molecule has 0 spiro atoms. The molecule has 0 radical (unpaired) electrons. The molecule has 0 aliphatic carbocycles. The monoisotopic (exact) mass is 348 g/mol. The van der Waals surface area contributed by atoms with Crippen LogP contribution in [0, 0.1) is 0 Å². The molecule has 0 amide bonds. The number of imidazole rings is 1. The van der Waals surface area contributed by atoms with Crippen LogP contribution < -0.4 is 0 Å². The fourth-order valence-electron chi connectivity index (χ4n) is 2.68. The molecule has 0 aliphatic rings. The molecular weight excluding hydrogens is 336 g/mol. The molecule has 0 atom stereocenters. The fourth-order valence-corrected chi connectivity index (χ4v) is 3.48. The van der Waals surface area contributed by atoms with Crippen LogP contribution in [0.15, 0.2) is 64.3 Å². The SMILES string of the molecule is c1ccc(-c2noc(CSc3n[nH]c4nc5ccccc5n34)n2)cc1. The second-order valence-electron chi connectivity index (χ2n) is 5.43. The summed E-state index contributed by atoms with van der Waals surface area (Å²) in [5.41, 5.74) is 2.89. The van der Waals surface area contributed by atoms with Gasteiger partial charge in [-0.3, -0.25) is 4.40 Å². The van der Waals surface area contributed by atoms with Gasteiger partial charge in [-0.25, -0.2) is 10.1 Å². The van der Waals surface area contributed by atoms with Crippen molar-refractivity contribution in [3.8, 4) is 11.4 Å². The smallest absolute Gasteiger partial charge is 0.237 e. The van der Waals surface area contributed by atoms with E-state index < -0.39 is 0 Å². The Labute approximate surface area is 146 Å². The van der Waals surface area contributed by atoms with Crippen LogP contribution in [0.2, 0.25) is 0 Å². The van der Waals surface area contributed by atoms with E-state index in [9.17, 15) is 0 Å². The van der Waals surface area contributed by atoms with Crippen LogP contribution in [-0.4, -0.2) is 29.7 Å². The van der Waals surface area contributed by atoms with E-state index in [1.54, 1.807) is 0 Å². The molecule has 3 heterocycles. The number of para-hydroxylation sites is 2. The van der Waals surface area contributed by atoms with Crippen LogP contribution in [0.1, 0.15) is 5.89 Å². The molecule has 2 aromatic carbocycles. The first-order chi connectivity index (χ1) is 12.4. The van der Waals surface area contributed by atoms with Crippen LogP contribution in [0.25, 0.3) is 28.2 Å². The third-order valence-electron chi connectivity index (χ3n) is 3.83. The molecule has 0 saturated carbocycles. The Kier molecular flexibility index (Phi) is 3.27. The lowest BCUT2D eigenvalue weighted by molar-refractivity contribution is 0.391. The minimum atomic E-state index is 0.534. The van der Waals surface area contributed by atoms with Crippen molar-refractivity contribution in [1.29, 1.82) is 0 Å². The van der Waals surface area contributed by atoms with Gasteiger partial charge in [0.15, 0.2) is 5.16 Å². The van der Waals surface area contributed by atoms with Crippen molar-refractivity contribution in [3.63, 3.8) is 0 Å². The first-order valence-corrected chi connectivity index (χ1v) is 8.69. The minimum absolute atomic E-state index is 0.534. The maximum Gasteiger partial charge on any atom is 0.237 e. The molecular formula is C17H12N6OS. The molecule has 1 N–H and O–H groups in total. The lowest BCUT2D eigenvalue weighted by Gasteiger charge is -1.96. The molecule has 8 heteroatoms. The molecule has 3 aromatic heterocycles. The number of hydrogen-bond acceptors (Lipinski definition) is 6. The van der Waals surface area contributed by atoms with Crippen LogP contribution in [0.4, 0.5) is 0 Å². The van der Waals surface area contributed by atoms with Crippen molar-refractivity contribution >= 4 is 28.6 Å². The third-order valence-corrected chi connectivity index (χ3v) is 4.75. The molecule has 5 rings (SSSR count). The maximum absolute atomic E-state index is 5.35.